The Morgan fingerprint density at radius 1 is 1.43 bits per heavy atom. The number of pyridine rings is 1. The number of carbonyl (C=O) groups excluding carboxylic acids is 2. The molecular formula is C16H15N3O4. The van der Waals surface area contributed by atoms with Crippen LogP contribution in [0.1, 0.15) is 5.56 Å². The highest BCUT2D eigenvalue weighted by molar-refractivity contribution is 6.04. The minimum atomic E-state index is -0.434. The van der Waals surface area contributed by atoms with Crippen molar-refractivity contribution >= 4 is 23.3 Å². The number of anilines is 2. The van der Waals surface area contributed by atoms with Crippen molar-refractivity contribution in [1.82, 2.24) is 4.98 Å². The van der Waals surface area contributed by atoms with Crippen LogP contribution in [0.25, 0.3) is 0 Å². The number of ether oxygens (including phenoxy) is 1. The Bertz CT molecular complexity index is 776. The third-order valence-electron chi connectivity index (χ3n) is 3.39. The van der Waals surface area contributed by atoms with Gasteiger partial charge in [0.15, 0.2) is 18.2 Å². The second-order valence-electron chi connectivity index (χ2n) is 5.16. The number of phenols is 1. The van der Waals surface area contributed by atoms with Crippen molar-refractivity contribution in [2.75, 3.05) is 23.4 Å². The van der Waals surface area contributed by atoms with Gasteiger partial charge in [-0.05, 0) is 36.8 Å². The Labute approximate surface area is 132 Å². The quantitative estimate of drug-likeness (QED) is 0.837. The Morgan fingerprint density at radius 3 is 3.04 bits per heavy atom. The number of phenolic OH excluding ortho intramolecular Hbond substituents is 1. The fraction of sp³-hybridized carbons (Fsp3) is 0.188. The lowest BCUT2D eigenvalue weighted by Gasteiger charge is -2.27. The first-order valence-electron chi connectivity index (χ1n) is 7.02. The molecule has 7 heteroatoms. The van der Waals surface area contributed by atoms with Crippen LogP contribution in [0, 0.1) is 6.92 Å². The van der Waals surface area contributed by atoms with Crippen molar-refractivity contribution in [3.63, 3.8) is 0 Å². The molecule has 3 rings (SSSR count). The van der Waals surface area contributed by atoms with Gasteiger partial charge in [-0.25, -0.2) is 4.98 Å². The van der Waals surface area contributed by atoms with Crippen molar-refractivity contribution in [1.29, 1.82) is 0 Å². The monoisotopic (exact) mass is 313 g/mol. The van der Waals surface area contributed by atoms with E-state index in [0.29, 0.717) is 17.3 Å². The average molecular weight is 313 g/mol. The predicted octanol–water partition coefficient (Wildman–Crippen LogP) is 1.46. The number of hydrogen-bond acceptors (Lipinski definition) is 5. The third kappa shape index (κ3) is 3.08. The van der Waals surface area contributed by atoms with Crippen molar-refractivity contribution in [3.8, 4) is 11.5 Å². The zero-order valence-electron chi connectivity index (χ0n) is 12.4. The van der Waals surface area contributed by atoms with E-state index in [1.165, 1.54) is 11.1 Å². The molecule has 2 N–H and O–H groups in total. The van der Waals surface area contributed by atoms with E-state index in [2.05, 4.69) is 10.3 Å². The summed E-state index contributed by atoms with van der Waals surface area (Å²) in [6, 6.07) is 8.30. The maximum atomic E-state index is 12.2. The van der Waals surface area contributed by atoms with Crippen LogP contribution in [0.2, 0.25) is 0 Å². The maximum Gasteiger partial charge on any atom is 0.266 e. The zero-order valence-corrected chi connectivity index (χ0v) is 12.4. The minimum absolute atomic E-state index is 0.0230. The second-order valence-corrected chi connectivity index (χ2v) is 5.16. The standard InChI is InChI=1S/C16H15N3O4/c1-10-4-5-11(12(20)7-10)18-14(21)8-19-15(22)9-23-13-3-2-6-17-16(13)19/h2-7,20H,8-9H2,1H3,(H,18,21). The Balaban J connectivity index is 1.76. The lowest BCUT2D eigenvalue weighted by atomic mass is 10.2. The summed E-state index contributed by atoms with van der Waals surface area (Å²) in [5.41, 5.74) is 1.17. The molecule has 0 spiro atoms. The molecule has 118 valence electrons. The molecule has 2 heterocycles. The molecular weight excluding hydrogens is 298 g/mol. The number of nitrogens with zero attached hydrogens (tertiary/aromatic N) is 2. The molecule has 0 atom stereocenters. The molecule has 0 saturated heterocycles. The molecule has 23 heavy (non-hydrogen) atoms. The summed E-state index contributed by atoms with van der Waals surface area (Å²) in [6.07, 6.45) is 1.53. The molecule has 0 radical (unpaired) electrons. The van der Waals surface area contributed by atoms with E-state index < -0.39 is 5.91 Å². The van der Waals surface area contributed by atoms with Gasteiger partial charge in [0, 0.05) is 6.20 Å². The van der Waals surface area contributed by atoms with Crippen LogP contribution in [0.3, 0.4) is 0 Å². The van der Waals surface area contributed by atoms with Gasteiger partial charge in [-0.3, -0.25) is 14.5 Å². The molecule has 0 saturated carbocycles. The van der Waals surface area contributed by atoms with Crippen molar-refractivity contribution in [3.05, 3.63) is 42.1 Å². The van der Waals surface area contributed by atoms with Gasteiger partial charge < -0.3 is 15.2 Å². The highest BCUT2D eigenvalue weighted by Crippen LogP contribution is 2.29. The Morgan fingerprint density at radius 2 is 2.26 bits per heavy atom. The normalized spacial score (nSPS) is 13.3. The number of aromatic nitrogens is 1. The molecule has 0 aliphatic carbocycles. The molecule has 2 amide bonds. The Hall–Kier alpha value is -3.09. The summed E-state index contributed by atoms with van der Waals surface area (Å²) in [5, 5.41) is 12.4. The molecule has 0 bridgehead atoms. The number of aromatic hydroxyl groups is 1. The largest absolute Gasteiger partial charge is 0.506 e. The number of aryl methyl sites for hydroxylation is 1. The molecule has 1 aromatic heterocycles. The highest BCUT2D eigenvalue weighted by Gasteiger charge is 2.28. The van der Waals surface area contributed by atoms with E-state index in [1.807, 2.05) is 6.92 Å². The number of hydrogen-bond donors (Lipinski definition) is 2. The van der Waals surface area contributed by atoms with E-state index in [-0.39, 0.29) is 24.8 Å². The number of amides is 2. The maximum absolute atomic E-state index is 12.2. The number of benzene rings is 1. The first-order chi connectivity index (χ1) is 11.0. The van der Waals surface area contributed by atoms with E-state index in [1.54, 1.807) is 30.3 Å². The molecule has 1 aliphatic heterocycles. The zero-order chi connectivity index (χ0) is 16.4. The van der Waals surface area contributed by atoms with Crippen LogP contribution in [0.15, 0.2) is 36.5 Å². The average Bonchev–Trinajstić information content (AvgIpc) is 2.53. The summed E-state index contributed by atoms with van der Waals surface area (Å²) in [6.45, 7) is 1.49. The summed E-state index contributed by atoms with van der Waals surface area (Å²) >= 11 is 0. The van der Waals surface area contributed by atoms with Crippen LogP contribution < -0.4 is 15.0 Å². The smallest absolute Gasteiger partial charge is 0.266 e. The predicted molar refractivity (Wildman–Crippen MR) is 83.6 cm³/mol. The fourth-order valence-corrected chi connectivity index (χ4v) is 2.28. The van der Waals surface area contributed by atoms with Crippen molar-refractivity contribution in [2.45, 2.75) is 6.92 Å². The first-order valence-corrected chi connectivity index (χ1v) is 7.02. The van der Waals surface area contributed by atoms with E-state index >= 15 is 0 Å². The van der Waals surface area contributed by atoms with Gasteiger partial charge in [0.25, 0.3) is 5.91 Å². The van der Waals surface area contributed by atoms with Gasteiger partial charge >= 0.3 is 0 Å². The van der Waals surface area contributed by atoms with Gasteiger partial charge in [-0.15, -0.1) is 0 Å². The summed E-state index contributed by atoms with van der Waals surface area (Å²) < 4.78 is 5.27. The lowest BCUT2D eigenvalue weighted by molar-refractivity contribution is -0.123. The molecule has 0 unspecified atom stereocenters. The fourth-order valence-electron chi connectivity index (χ4n) is 2.28. The Kier molecular flexibility index (Phi) is 3.84. The van der Waals surface area contributed by atoms with Crippen LogP contribution in [0.4, 0.5) is 11.5 Å². The molecule has 1 aromatic carbocycles. The molecule has 7 nitrogen and oxygen atoms in total. The molecule has 2 aromatic rings. The summed E-state index contributed by atoms with van der Waals surface area (Å²) in [4.78, 5) is 29.5. The lowest BCUT2D eigenvalue weighted by Crippen LogP contribution is -2.43. The van der Waals surface area contributed by atoms with Crippen LogP contribution in [-0.2, 0) is 9.59 Å². The van der Waals surface area contributed by atoms with Gasteiger partial charge in [-0.2, -0.15) is 0 Å². The number of fused-ring (bicyclic) bond motifs is 1. The van der Waals surface area contributed by atoms with E-state index in [9.17, 15) is 14.7 Å². The van der Waals surface area contributed by atoms with Gasteiger partial charge in [-0.1, -0.05) is 6.07 Å². The topological polar surface area (TPSA) is 91.8 Å². The van der Waals surface area contributed by atoms with Crippen molar-refractivity contribution < 1.29 is 19.4 Å². The number of rotatable bonds is 3. The SMILES string of the molecule is Cc1ccc(NC(=O)CN2C(=O)COc3cccnc32)c(O)c1. The summed E-state index contributed by atoms with van der Waals surface area (Å²) in [7, 11) is 0. The van der Waals surface area contributed by atoms with E-state index in [0.717, 1.165) is 5.56 Å². The van der Waals surface area contributed by atoms with Gasteiger partial charge in [0.05, 0.1) is 5.69 Å². The summed E-state index contributed by atoms with van der Waals surface area (Å²) in [5.74, 6) is -0.0363. The third-order valence-corrected chi connectivity index (χ3v) is 3.39. The second kappa shape index (κ2) is 5.96. The first kappa shape index (κ1) is 14.8. The van der Waals surface area contributed by atoms with Crippen LogP contribution >= 0.6 is 0 Å². The van der Waals surface area contributed by atoms with E-state index in [4.69, 9.17) is 4.74 Å². The molecule has 0 fully saturated rings. The number of nitrogens with one attached hydrogen (secondary N) is 1. The highest BCUT2D eigenvalue weighted by atomic mass is 16.5. The van der Waals surface area contributed by atoms with Gasteiger partial charge in [0.2, 0.25) is 5.91 Å². The van der Waals surface area contributed by atoms with Crippen LogP contribution in [0.5, 0.6) is 11.5 Å². The van der Waals surface area contributed by atoms with Crippen molar-refractivity contribution in [2.24, 2.45) is 0 Å². The number of carbonyl (C=O) groups is 2. The van der Waals surface area contributed by atoms with Gasteiger partial charge in [0.1, 0.15) is 12.3 Å². The van der Waals surface area contributed by atoms with Crippen LogP contribution in [-0.4, -0.2) is 35.1 Å². The molecule has 1 aliphatic rings. The minimum Gasteiger partial charge on any atom is -0.506 e.